The maximum Gasteiger partial charge on any atom is 0.242 e. The Bertz CT molecular complexity index is 677. The number of H-pyrrole nitrogens is 1. The minimum atomic E-state index is 0.409. The van der Waals surface area contributed by atoms with Crippen LogP contribution in [0.25, 0.3) is 11.2 Å². The molecule has 108 valence electrons. The molecule has 1 fully saturated rings. The Balaban J connectivity index is 2.12. The Kier molecular flexibility index (Phi) is 3.50. The van der Waals surface area contributed by atoms with Gasteiger partial charge in [-0.25, -0.2) is 4.98 Å². The average molecular weight is 292 g/mol. The van der Waals surface area contributed by atoms with Crippen molar-refractivity contribution in [1.82, 2.24) is 19.5 Å². The number of hydrogen-bond donors (Lipinski definition) is 1. The highest BCUT2D eigenvalue weighted by Crippen LogP contribution is 2.38. The Morgan fingerprint density at radius 3 is 2.85 bits per heavy atom. The lowest BCUT2D eigenvalue weighted by molar-refractivity contribution is 0.209. The predicted molar refractivity (Wildman–Crippen MR) is 80.5 cm³/mol. The van der Waals surface area contributed by atoms with Crippen LogP contribution < -0.4 is 4.74 Å². The largest absolute Gasteiger partial charge is 0.479 e. The highest BCUT2D eigenvalue weighted by molar-refractivity contribution is 7.71. The minimum Gasteiger partial charge on any atom is -0.479 e. The van der Waals surface area contributed by atoms with Crippen LogP contribution in [0.3, 0.4) is 0 Å². The van der Waals surface area contributed by atoms with Crippen LogP contribution in [0, 0.1) is 16.6 Å². The maximum absolute atomic E-state index is 5.51. The number of fused-ring (bicyclic) bond motifs is 1. The zero-order valence-electron chi connectivity index (χ0n) is 12.1. The quantitative estimate of drug-likeness (QED) is 0.861. The molecule has 0 aliphatic heterocycles. The molecule has 0 saturated heterocycles. The van der Waals surface area contributed by atoms with Crippen molar-refractivity contribution in [2.24, 2.45) is 11.8 Å². The van der Waals surface area contributed by atoms with Gasteiger partial charge in [-0.05, 0) is 43.3 Å². The summed E-state index contributed by atoms with van der Waals surface area (Å²) >= 11 is 5.51. The summed E-state index contributed by atoms with van der Waals surface area (Å²) in [5.74, 6) is 1.95. The van der Waals surface area contributed by atoms with Crippen molar-refractivity contribution in [2.45, 2.75) is 39.2 Å². The van der Waals surface area contributed by atoms with Gasteiger partial charge in [-0.1, -0.05) is 13.8 Å². The maximum atomic E-state index is 5.51. The number of ether oxygens (including phenoxy) is 1. The third kappa shape index (κ3) is 2.12. The topological polar surface area (TPSA) is 55.7 Å². The predicted octanol–water partition coefficient (Wildman–Crippen LogP) is 3.49. The molecule has 2 aromatic rings. The van der Waals surface area contributed by atoms with Crippen LogP contribution in [0.4, 0.5) is 0 Å². The second-order valence-corrected chi connectivity index (χ2v) is 6.23. The van der Waals surface area contributed by atoms with Crippen molar-refractivity contribution in [3.8, 4) is 5.88 Å². The molecule has 2 heterocycles. The molecule has 0 aromatic carbocycles. The van der Waals surface area contributed by atoms with E-state index in [0.717, 1.165) is 23.5 Å². The summed E-state index contributed by atoms with van der Waals surface area (Å²) in [7, 11) is 1.61. The van der Waals surface area contributed by atoms with Gasteiger partial charge in [-0.2, -0.15) is 4.98 Å². The molecule has 0 bridgehead atoms. The molecule has 1 aliphatic rings. The van der Waals surface area contributed by atoms with Crippen LogP contribution in [0.1, 0.15) is 39.2 Å². The second-order valence-electron chi connectivity index (χ2n) is 5.84. The summed E-state index contributed by atoms with van der Waals surface area (Å²) in [5, 5.41) is 0. The molecule has 6 heteroatoms. The number of nitrogens with one attached hydrogen (secondary N) is 1. The highest BCUT2D eigenvalue weighted by Gasteiger charge is 2.29. The lowest BCUT2D eigenvalue weighted by atomic mass is 9.80. The first-order valence-electron chi connectivity index (χ1n) is 7.11. The molecule has 3 atom stereocenters. The first-order chi connectivity index (χ1) is 9.61. The monoisotopic (exact) mass is 292 g/mol. The first-order valence-corrected chi connectivity index (χ1v) is 7.51. The van der Waals surface area contributed by atoms with Gasteiger partial charge in [0.15, 0.2) is 10.4 Å². The van der Waals surface area contributed by atoms with Crippen LogP contribution in [0.5, 0.6) is 5.88 Å². The van der Waals surface area contributed by atoms with Crippen molar-refractivity contribution in [2.75, 3.05) is 7.11 Å². The summed E-state index contributed by atoms with van der Waals surface area (Å²) in [6.45, 7) is 4.63. The summed E-state index contributed by atoms with van der Waals surface area (Å²) in [5.41, 5.74) is 1.65. The number of imidazole rings is 1. The Labute approximate surface area is 123 Å². The Morgan fingerprint density at radius 2 is 2.15 bits per heavy atom. The fourth-order valence-corrected chi connectivity index (χ4v) is 3.74. The molecule has 2 aromatic heterocycles. The van der Waals surface area contributed by atoms with E-state index in [1.807, 2.05) is 0 Å². The van der Waals surface area contributed by atoms with Crippen LogP contribution in [-0.2, 0) is 0 Å². The van der Waals surface area contributed by atoms with Crippen molar-refractivity contribution in [3.63, 3.8) is 0 Å². The zero-order valence-corrected chi connectivity index (χ0v) is 12.9. The normalized spacial score (nSPS) is 26.9. The summed E-state index contributed by atoms with van der Waals surface area (Å²) in [6.07, 6.45) is 5.17. The highest BCUT2D eigenvalue weighted by atomic mass is 32.1. The molecule has 5 nitrogen and oxygen atoms in total. The fraction of sp³-hybridized carbons (Fsp3) is 0.643. The van der Waals surface area contributed by atoms with E-state index >= 15 is 0 Å². The molecule has 0 amide bonds. The summed E-state index contributed by atoms with van der Waals surface area (Å²) < 4.78 is 8.16. The summed E-state index contributed by atoms with van der Waals surface area (Å²) in [4.78, 5) is 11.7. The zero-order chi connectivity index (χ0) is 14.3. The van der Waals surface area contributed by atoms with E-state index in [-0.39, 0.29) is 0 Å². The van der Waals surface area contributed by atoms with E-state index in [9.17, 15) is 0 Å². The fourth-order valence-electron chi connectivity index (χ4n) is 3.41. The van der Waals surface area contributed by atoms with Crippen LogP contribution in [0.2, 0.25) is 0 Å². The van der Waals surface area contributed by atoms with E-state index < -0.39 is 0 Å². The van der Waals surface area contributed by atoms with Gasteiger partial charge in [0.25, 0.3) is 0 Å². The van der Waals surface area contributed by atoms with Gasteiger partial charge in [0.1, 0.15) is 11.8 Å². The van der Waals surface area contributed by atoms with Crippen molar-refractivity contribution >= 4 is 23.4 Å². The second kappa shape index (κ2) is 5.16. The number of hydrogen-bond acceptors (Lipinski definition) is 4. The summed E-state index contributed by atoms with van der Waals surface area (Å²) in [6, 6.07) is 0.409. The van der Waals surface area contributed by atoms with E-state index in [4.69, 9.17) is 17.0 Å². The molecular weight excluding hydrogens is 272 g/mol. The number of nitrogens with zero attached hydrogens (tertiary/aromatic N) is 3. The Morgan fingerprint density at radius 1 is 1.35 bits per heavy atom. The molecular formula is C14H20N4OS. The minimum absolute atomic E-state index is 0.409. The van der Waals surface area contributed by atoms with Gasteiger partial charge in [0.05, 0.1) is 7.11 Å². The van der Waals surface area contributed by atoms with Crippen molar-refractivity contribution in [3.05, 3.63) is 11.1 Å². The molecule has 0 radical (unpaired) electrons. The third-order valence-corrected chi connectivity index (χ3v) is 4.68. The number of rotatable bonds is 2. The number of aromatic amines is 1. The van der Waals surface area contributed by atoms with Crippen LogP contribution in [-0.4, -0.2) is 26.6 Å². The third-order valence-electron chi connectivity index (χ3n) is 4.38. The van der Waals surface area contributed by atoms with Gasteiger partial charge in [0.2, 0.25) is 5.88 Å². The molecule has 0 spiro atoms. The van der Waals surface area contributed by atoms with Crippen molar-refractivity contribution < 1.29 is 4.74 Å². The SMILES string of the molecule is COc1ncnc2c1[nH]c(=S)n2C1CCC(C)CC1C. The van der Waals surface area contributed by atoms with E-state index in [0.29, 0.717) is 22.6 Å². The average Bonchev–Trinajstić information content (AvgIpc) is 2.75. The van der Waals surface area contributed by atoms with E-state index in [2.05, 4.69) is 33.4 Å². The number of methoxy groups -OCH3 is 1. The molecule has 3 unspecified atom stereocenters. The van der Waals surface area contributed by atoms with Gasteiger partial charge >= 0.3 is 0 Å². The van der Waals surface area contributed by atoms with E-state index in [1.165, 1.54) is 19.2 Å². The molecule has 1 aliphatic carbocycles. The lowest BCUT2D eigenvalue weighted by Gasteiger charge is -2.33. The van der Waals surface area contributed by atoms with Crippen LogP contribution in [0.15, 0.2) is 6.33 Å². The van der Waals surface area contributed by atoms with Gasteiger partial charge in [0, 0.05) is 6.04 Å². The first kappa shape index (κ1) is 13.5. The Hall–Kier alpha value is -1.43. The van der Waals surface area contributed by atoms with Crippen LogP contribution >= 0.6 is 12.2 Å². The van der Waals surface area contributed by atoms with E-state index in [1.54, 1.807) is 7.11 Å². The standard InChI is InChI=1S/C14H20N4OS/c1-8-4-5-10(9(2)6-8)18-12-11(17-14(18)20)13(19-3)16-7-15-12/h7-10H,4-6H2,1-3H3,(H,17,20). The lowest BCUT2D eigenvalue weighted by Crippen LogP contribution is -2.25. The van der Waals surface area contributed by atoms with Gasteiger partial charge in [-0.3, -0.25) is 4.57 Å². The number of aromatic nitrogens is 4. The molecule has 20 heavy (non-hydrogen) atoms. The molecule has 3 rings (SSSR count). The van der Waals surface area contributed by atoms with Crippen molar-refractivity contribution in [1.29, 1.82) is 0 Å². The van der Waals surface area contributed by atoms with Gasteiger partial charge < -0.3 is 9.72 Å². The molecule has 1 saturated carbocycles. The molecule has 1 N–H and O–H groups in total. The van der Waals surface area contributed by atoms with Gasteiger partial charge in [-0.15, -0.1) is 0 Å². The smallest absolute Gasteiger partial charge is 0.242 e.